The van der Waals surface area contributed by atoms with Gasteiger partial charge in [-0.1, -0.05) is 52.3 Å². The van der Waals surface area contributed by atoms with Gasteiger partial charge in [-0.3, -0.25) is 4.79 Å². The number of carbonyl (C=O) groups is 1. The molecule has 0 saturated carbocycles. The molecule has 0 aliphatic rings. The molecule has 4 heteroatoms. The van der Waals surface area contributed by atoms with Crippen molar-refractivity contribution in [3.8, 4) is 5.75 Å². The summed E-state index contributed by atoms with van der Waals surface area (Å²) in [5, 5.41) is 2.88. The lowest BCUT2D eigenvalue weighted by Crippen LogP contribution is -2.11. The molecule has 0 fully saturated rings. The molecule has 1 amide bonds. The predicted octanol–water partition coefficient (Wildman–Crippen LogP) is 5.32. The van der Waals surface area contributed by atoms with Gasteiger partial charge < -0.3 is 10.1 Å². The van der Waals surface area contributed by atoms with E-state index in [4.69, 9.17) is 4.74 Å². The summed E-state index contributed by atoms with van der Waals surface area (Å²) in [4.78, 5) is 12.2. The molecule has 0 unspecified atom stereocenters. The molecule has 25 heavy (non-hydrogen) atoms. The molecule has 3 rings (SSSR count). The fourth-order valence-electron chi connectivity index (χ4n) is 2.40. The van der Waals surface area contributed by atoms with E-state index in [1.165, 1.54) is 5.56 Å². The zero-order valence-corrected chi connectivity index (χ0v) is 15.2. The monoisotopic (exact) mass is 395 g/mol. The van der Waals surface area contributed by atoms with Crippen LogP contribution in [0.15, 0.2) is 83.3 Å². The van der Waals surface area contributed by atoms with Crippen molar-refractivity contribution in [1.82, 2.24) is 0 Å². The maximum absolute atomic E-state index is 12.2. The van der Waals surface area contributed by atoms with Gasteiger partial charge in [0.25, 0.3) is 5.91 Å². The fraction of sp³-hybridized carbons (Fsp3) is 0.0952. The minimum absolute atomic E-state index is 0.140. The molecule has 3 aromatic carbocycles. The van der Waals surface area contributed by atoms with Crippen LogP contribution in [0.5, 0.6) is 5.75 Å². The number of benzene rings is 3. The molecule has 126 valence electrons. The van der Waals surface area contributed by atoms with Gasteiger partial charge in [0.1, 0.15) is 5.75 Å². The van der Waals surface area contributed by atoms with Crippen molar-refractivity contribution in [3.05, 3.63) is 94.5 Å². The van der Waals surface area contributed by atoms with Crippen LogP contribution < -0.4 is 10.1 Å². The molecular weight excluding hydrogens is 378 g/mol. The second-order valence-corrected chi connectivity index (χ2v) is 6.49. The van der Waals surface area contributed by atoms with Gasteiger partial charge in [0.05, 0.1) is 6.61 Å². The third kappa shape index (κ3) is 5.19. The second kappa shape index (κ2) is 8.49. The largest absolute Gasteiger partial charge is 0.493 e. The summed E-state index contributed by atoms with van der Waals surface area (Å²) in [6.07, 6.45) is 0.863. The molecule has 0 bridgehead atoms. The minimum atomic E-state index is -0.140. The number of halogens is 1. The van der Waals surface area contributed by atoms with Crippen molar-refractivity contribution in [3.63, 3.8) is 0 Å². The number of rotatable bonds is 6. The second-order valence-electron chi connectivity index (χ2n) is 5.57. The minimum Gasteiger partial charge on any atom is -0.493 e. The van der Waals surface area contributed by atoms with Crippen LogP contribution in [-0.4, -0.2) is 12.5 Å². The van der Waals surface area contributed by atoms with Crippen LogP contribution >= 0.6 is 15.9 Å². The highest BCUT2D eigenvalue weighted by Gasteiger charge is 2.06. The first-order chi connectivity index (χ1) is 12.2. The third-order valence-corrected chi connectivity index (χ3v) is 4.19. The Morgan fingerprint density at radius 2 is 1.68 bits per heavy atom. The Morgan fingerprint density at radius 3 is 2.40 bits per heavy atom. The number of anilines is 1. The topological polar surface area (TPSA) is 38.3 Å². The molecule has 0 aliphatic carbocycles. The van der Waals surface area contributed by atoms with Crippen LogP contribution in [0.2, 0.25) is 0 Å². The van der Waals surface area contributed by atoms with Crippen molar-refractivity contribution in [2.45, 2.75) is 6.42 Å². The van der Waals surface area contributed by atoms with Crippen LogP contribution in [0.4, 0.5) is 5.69 Å². The lowest BCUT2D eigenvalue weighted by atomic mass is 10.2. The highest BCUT2D eigenvalue weighted by Crippen LogP contribution is 2.18. The number of amides is 1. The van der Waals surface area contributed by atoms with Gasteiger partial charge in [-0.25, -0.2) is 0 Å². The Labute approximate surface area is 155 Å². The van der Waals surface area contributed by atoms with Crippen molar-refractivity contribution < 1.29 is 9.53 Å². The Hall–Kier alpha value is -2.59. The van der Waals surface area contributed by atoms with E-state index < -0.39 is 0 Å². The van der Waals surface area contributed by atoms with E-state index in [0.717, 1.165) is 22.3 Å². The quantitative estimate of drug-likeness (QED) is 0.612. The van der Waals surface area contributed by atoms with E-state index in [1.54, 1.807) is 12.1 Å². The van der Waals surface area contributed by atoms with Crippen LogP contribution in [0.3, 0.4) is 0 Å². The van der Waals surface area contributed by atoms with Gasteiger partial charge in [0, 0.05) is 22.1 Å². The SMILES string of the molecule is O=C(Nc1ccc(OCCc2ccccc2)cc1)c1cccc(Br)c1. The van der Waals surface area contributed by atoms with Crippen molar-refractivity contribution >= 4 is 27.5 Å². The molecule has 0 saturated heterocycles. The summed E-state index contributed by atoms with van der Waals surface area (Å²) in [5.41, 5.74) is 2.60. The van der Waals surface area contributed by atoms with E-state index in [0.29, 0.717) is 12.2 Å². The van der Waals surface area contributed by atoms with Crippen molar-refractivity contribution in [2.24, 2.45) is 0 Å². The number of carbonyl (C=O) groups excluding carboxylic acids is 1. The lowest BCUT2D eigenvalue weighted by molar-refractivity contribution is 0.102. The maximum Gasteiger partial charge on any atom is 0.255 e. The molecule has 0 heterocycles. The summed E-state index contributed by atoms with van der Waals surface area (Å²) in [6.45, 7) is 0.619. The molecule has 0 atom stereocenters. The third-order valence-electron chi connectivity index (χ3n) is 3.70. The van der Waals surface area contributed by atoms with Gasteiger partial charge in [-0.2, -0.15) is 0 Å². The first-order valence-electron chi connectivity index (χ1n) is 8.04. The molecular formula is C21H18BrNO2. The molecule has 0 radical (unpaired) electrons. The Bertz CT molecular complexity index is 832. The van der Waals surface area contributed by atoms with Crippen LogP contribution in [-0.2, 0) is 6.42 Å². The average Bonchev–Trinajstić information content (AvgIpc) is 2.64. The van der Waals surface area contributed by atoms with E-state index in [-0.39, 0.29) is 5.91 Å². The van der Waals surface area contributed by atoms with E-state index in [2.05, 4.69) is 33.4 Å². The van der Waals surface area contributed by atoms with E-state index in [1.807, 2.05) is 54.6 Å². The Balaban J connectivity index is 1.52. The van der Waals surface area contributed by atoms with Crippen LogP contribution in [0.1, 0.15) is 15.9 Å². The van der Waals surface area contributed by atoms with Crippen molar-refractivity contribution in [2.75, 3.05) is 11.9 Å². The summed E-state index contributed by atoms with van der Waals surface area (Å²) < 4.78 is 6.63. The molecule has 0 aromatic heterocycles. The number of hydrogen-bond donors (Lipinski definition) is 1. The Kier molecular flexibility index (Phi) is 5.86. The zero-order valence-electron chi connectivity index (χ0n) is 13.6. The van der Waals surface area contributed by atoms with Gasteiger partial charge in [-0.15, -0.1) is 0 Å². The standard InChI is InChI=1S/C21H18BrNO2/c22-18-8-4-7-17(15-18)21(24)23-19-9-11-20(12-10-19)25-14-13-16-5-2-1-3-6-16/h1-12,15H,13-14H2,(H,23,24). The fourth-order valence-corrected chi connectivity index (χ4v) is 2.80. The first kappa shape index (κ1) is 17.2. The molecule has 0 aliphatic heterocycles. The number of hydrogen-bond acceptors (Lipinski definition) is 2. The molecule has 0 spiro atoms. The van der Waals surface area contributed by atoms with E-state index in [9.17, 15) is 4.79 Å². The Morgan fingerprint density at radius 1 is 0.920 bits per heavy atom. The smallest absolute Gasteiger partial charge is 0.255 e. The number of ether oxygens (including phenoxy) is 1. The highest BCUT2D eigenvalue weighted by atomic mass is 79.9. The van der Waals surface area contributed by atoms with Crippen LogP contribution in [0.25, 0.3) is 0 Å². The summed E-state index contributed by atoms with van der Waals surface area (Å²) in [5.74, 6) is 0.649. The molecule has 3 aromatic rings. The van der Waals surface area contributed by atoms with Gasteiger partial charge >= 0.3 is 0 Å². The van der Waals surface area contributed by atoms with Crippen LogP contribution in [0, 0.1) is 0 Å². The lowest BCUT2D eigenvalue weighted by Gasteiger charge is -2.09. The zero-order chi connectivity index (χ0) is 17.5. The predicted molar refractivity (Wildman–Crippen MR) is 104 cm³/mol. The molecule has 1 N–H and O–H groups in total. The summed E-state index contributed by atoms with van der Waals surface area (Å²) >= 11 is 3.37. The normalized spacial score (nSPS) is 10.3. The van der Waals surface area contributed by atoms with Gasteiger partial charge in [0.15, 0.2) is 0 Å². The number of nitrogens with one attached hydrogen (secondary N) is 1. The average molecular weight is 396 g/mol. The van der Waals surface area contributed by atoms with E-state index >= 15 is 0 Å². The first-order valence-corrected chi connectivity index (χ1v) is 8.84. The maximum atomic E-state index is 12.2. The van der Waals surface area contributed by atoms with Gasteiger partial charge in [-0.05, 0) is 48.0 Å². The van der Waals surface area contributed by atoms with Gasteiger partial charge in [0.2, 0.25) is 0 Å². The summed E-state index contributed by atoms with van der Waals surface area (Å²) in [6, 6.07) is 24.9. The highest BCUT2D eigenvalue weighted by molar-refractivity contribution is 9.10. The summed E-state index contributed by atoms with van der Waals surface area (Å²) in [7, 11) is 0. The van der Waals surface area contributed by atoms with Crippen molar-refractivity contribution in [1.29, 1.82) is 0 Å². The molecule has 3 nitrogen and oxygen atoms in total.